The highest BCUT2D eigenvalue weighted by Crippen LogP contribution is 2.27. The first kappa shape index (κ1) is 21.4. The number of hydrogen-bond donors (Lipinski definition) is 2. The van der Waals surface area contributed by atoms with E-state index in [-0.39, 0.29) is 30.2 Å². The average molecular weight is 429 g/mol. The topological polar surface area (TPSA) is 100 Å². The van der Waals surface area contributed by atoms with Gasteiger partial charge in [0, 0.05) is 18.2 Å². The lowest BCUT2D eigenvalue weighted by atomic mass is 9.96. The molecule has 8 nitrogen and oxygen atoms in total. The van der Waals surface area contributed by atoms with Crippen LogP contribution in [0.15, 0.2) is 28.8 Å². The highest BCUT2D eigenvalue weighted by Gasteiger charge is 2.28. The van der Waals surface area contributed by atoms with Crippen LogP contribution in [-0.4, -0.2) is 52.7 Å². The zero-order valence-corrected chi connectivity index (χ0v) is 17.5. The fraction of sp³-hybridized carbons (Fsp3) is 0.545. The molecule has 1 saturated heterocycles. The van der Waals surface area contributed by atoms with Crippen molar-refractivity contribution < 1.29 is 18.5 Å². The molecule has 1 aliphatic carbocycles. The molecule has 31 heavy (non-hydrogen) atoms. The SMILES string of the molecule is O=C(CN1CCCC(c2nc(-c3cccc(F)c3)no2)C1)NC(=O)NC1CCCCC1. The molecule has 2 aromatic rings. The number of likely N-dealkylation sites (tertiary alicyclic amines) is 1. The summed E-state index contributed by atoms with van der Waals surface area (Å²) in [4.78, 5) is 30.8. The fourth-order valence-electron chi connectivity index (χ4n) is 4.38. The van der Waals surface area contributed by atoms with Gasteiger partial charge in [0.05, 0.1) is 12.5 Å². The Morgan fingerprint density at radius 1 is 1.16 bits per heavy atom. The molecule has 0 bridgehead atoms. The molecular formula is C22H28FN5O3. The third kappa shape index (κ3) is 5.88. The Hall–Kier alpha value is -2.81. The Labute approximate surface area is 180 Å². The van der Waals surface area contributed by atoms with Crippen molar-refractivity contribution >= 4 is 11.9 Å². The molecule has 0 spiro atoms. The predicted molar refractivity (Wildman–Crippen MR) is 112 cm³/mol. The smallest absolute Gasteiger partial charge is 0.321 e. The number of nitrogens with one attached hydrogen (secondary N) is 2. The van der Waals surface area contributed by atoms with E-state index in [1.165, 1.54) is 18.6 Å². The molecule has 2 heterocycles. The molecule has 1 atom stereocenters. The van der Waals surface area contributed by atoms with Crippen LogP contribution >= 0.6 is 0 Å². The van der Waals surface area contributed by atoms with Gasteiger partial charge < -0.3 is 9.84 Å². The minimum atomic E-state index is -0.415. The number of amides is 3. The Morgan fingerprint density at radius 3 is 2.81 bits per heavy atom. The van der Waals surface area contributed by atoms with E-state index in [4.69, 9.17) is 4.52 Å². The van der Waals surface area contributed by atoms with Crippen molar-refractivity contribution in [1.29, 1.82) is 0 Å². The monoisotopic (exact) mass is 429 g/mol. The molecule has 1 saturated carbocycles. The summed E-state index contributed by atoms with van der Waals surface area (Å²) >= 11 is 0. The van der Waals surface area contributed by atoms with Gasteiger partial charge in [0.15, 0.2) is 0 Å². The van der Waals surface area contributed by atoms with Gasteiger partial charge in [-0.1, -0.05) is 36.6 Å². The van der Waals surface area contributed by atoms with Crippen LogP contribution in [0.25, 0.3) is 11.4 Å². The van der Waals surface area contributed by atoms with Crippen molar-refractivity contribution in [2.45, 2.75) is 56.9 Å². The van der Waals surface area contributed by atoms with Gasteiger partial charge in [0.25, 0.3) is 0 Å². The van der Waals surface area contributed by atoms with Crippen molar-refractivity contribution in [3.05, 3.63) is 36.0 Å². The van der Waals surface area contributed by atoms with E-state index in [2.05, 4.69) is 20.8 Å². The number of carbonyl (C=O) groups excluding carboxylic acids is 2. The molecule has 166 valence electrons. The molecule has 4 rings (SSSR count). The maximum Gasteiger partial charge on any atom is 0.321 e. The second kappa shape index (κ2) is 10.00. The summed E-state index contributed by atoms with van der Waals surface area (Å²) in [5.74, 6) is 0.154. The number of benzene rings is 1. The first-order valence-electron chi connectivity index (χ1n) is 11.0. The van der Waals surface area contributed by atoms with Crippen molar-refractivity contribution in [2.75, 3.05) is 19.6 Å². The summed E-state index contributed by atoms with van der Waals surface area (Å²) in [6.45, 7) is 1.49. The molecule has 2 aliphatic rings. The van der Waals surface area contributed by atoms with Crippen LogP contribution in [0.1, 0.15) is 56.8 Å². The molecule has 0 radical (unpaired) electrons. The third-order valence-corrected chi connectivity index (χ3v) is 5.94. The second-order valence-corrected chi connectivity index (χ2v) is 8.40. The van der Waals surface area contributed by atoms with Crippen LogP contribution in [0.5, 0.6) is 0 Å². The molecule has 1 aliphatic heterocycles. The van der Waals surface area contributed by atoms with E-state index < -0.39 is 6.03 Å². The summed E-state index contributed by atoms with van der Waals surface area (Å²) in [7, 11) is 0. The number of hydrogen-bond acceptors (Lipinski definition) is 6. The van der Waals surface area contributed by atoms with Crippen LogP contribution in [0.4, 0.5) is 9.18 Å². The minimum absolute atomic E-state index is 0.00701. The van der Waals surface area contributed by atoms with Gasteiger partial charge in [-0.25, -0.2) is 9.18 Å². The first-order valence-corrected chi connectivity index (χ1v) is 11.0. The summed E-state index contributed by atoms with van der Waals surface area (Å²) in [5.41, 5.74) is 0.561. The maximum absolute atomic E-state index is 13.4. The number of carbonyl (C=O) groups is 2. The summed E-state index contributed by atoms with van der Waals surface area (Å²) in [5, 5.41) is 9.32. The molecule has 2 fully saturated rings. The highest BCUT2D eigenvalue weighted by molar-refractivity contribution is 5.95. The van der Waals surface area contributed by atoms with Crippen LogP contribution < -0.4 is 10.6 Å². The van der Waals surface area contributed by atoms with Crippen molar-refractivity contribution in [3.63, 3.8) is 0 Å². The Morgan fingerprint density at radius 2 is 2.00 bits per heavy atom. The van der Waals surface area contributed by atoms with E-state index in [0.29, 0.717) is 23.8 Å². The molecule has 1 unspecified atom stereocenters. The predicted octanol–water partition coefficient (Wildman–Crippen LogP) is 3.21. The number of halogens is 1. The Kier molecular flexibility index (Phi) is 6.91. The van der Waals surface area contributed by atoms with Crippen molar-refractivity contribution in [3.8, 4) is 11.4 Å². The number of nitrogens with zero attached hydrogens (tertiary/aromatic N) is 3. The summed E-state index contributed by atoms with van der Waals surface area (Å²) in [6.07, 6.45) is 7.12. The summed E-state index contributed by atoms with van der Waals surface area (Å²) < 4.78 is 18.9. The lowest BCUT2D eigenvalue weighted by Gasteiger charge is -2.30. The molecule has 9 heteroatoms. The van der Waals surface area contributed by atoms with Gasteiger partial charge >= 0.3 is 6.03 Å². The third-order valence-electron chi connectivity index (χ3n) is 5.94. The zero-order valence-electron chi connectivity index (χ0n) is 17.5. The lowest BCUT2D eigenvalue weighted by Crippen LogP contribution is -2.49. The van der Waals surface area contributed by atoms with Crippen LogP contribution in [0, 0.1) is 5.82 Å². The van der Waals surface area contributed by atoms with E-state index in [1.54, 1.807) is 12.1 Å². The highest BCUT2D eigenvalue weighted by atomic mass is 19.1. The quantitative estimate of drug-likeness (QED) is 0.757. The minimum Gasteiger partial charge on any atom is -0.339 e. The van der Waals surface area contributed by atoms with E-state index in [9.17, 15) is 14.0 Å². The lowest BCUT2D eigenvalue weighted by molar-refractivity contribution is -0.121. The number of piperidine rings is 1. The Balaban J connectivity index is 1.28. The number of rotatable bonds is 5. The van der Waals surface area contributed by atoms with Crippen LogP contribution in [0.2, 0.25) is 0 Å². The van der Waals surface area contributed by atoms with Gasteiger partial charge in [-0.2, -0.15) is 4.98 Å². The van der Waals surface area contributed by atoms with Crippen molar-refractivity contribution in [1.82, 2.24) is 25.7 Å². The molecule has 1 aromatic heterocycles. The summed E-state index contributed by atoms with van der Waals surface area (Å²) in [6, 6.07) is 5.81. The van der Waals surface area contributed by atoms with Crippen LogP contribution in [-0.2, 0) is 4.79 Å². The number of aromatic nitrogens is 2. The maximum atomic E-state index is 13.4. The van der Waals surface area contributed by atoms with Gasteiger partial charge in [0.1, 0.15) is 5.82 Å². The van der Waals surface area contributed by atoms with E-state index in [0.717, 1.165) is 45.1 Å². The molecule has 3 amide bonds. The standard InChI is InChI=1S/C22H28FN5O3/c23-17-8-4-6-15(12-17)20-26-21(31-27-20)16-7-5-11-28(13-16)14-19(29)25-22(30)24-18-9-2-1-3-10-18/h4,6,8,12,16,18H,1-3,5,7,9-11,13-14H2,(H2,24,25,29,30). The first-order chi connectivity index (χ1) is 15.1. The van der Waals surface area contributed by atoms with Gasteiger partial charge in [-0.3, -0.25) is 15.0 Å². The normalized spacial score (nSPS) is 20.4. The number of urea groups is 1. The number of imide groups is 1. The molecule has 2 N–H and O–H groups in total. The van der Waals surface area contributed by atoms with Gasteiger partial charge in [-0.05, 0) is 44.4 Å². The van der Waals surface area contributed by atoms with Gasteiger partial charge in [0.2, 0.25) is 17.6 Å². The van der Waals surface area contributed by atoms with E-state index >= 15 is 0 Å². The fourth-order valence-corrected chi connectivity index (χ4v) is 4.38. The van der Waals surface area contributed by atoms with Crippen molar-refractivity contribution in [2.24, 2.45) is 0 Å². The largest absolute Gasteiger partial charge is 0.339 e. The zero-order chi connectivity index (χ0) is 21.6. The van der Waals surface area contributed by atoms with Crippen LogP contribution in [0.3, 0.4) is 0 Å². The Bertz CT molecular complexity index is 912. The molecule has 1 aromatic carbocycles. The second-order valence-electron chi connectivity index (χ2n) is 8.40. The van der Waals surface area contributed by atoms with E-state index in [1.807, 2.05) is 4.90 Å². The molecular weight excluding hydrogens is 401 g/mol. The average Bonchev–Trinajstić information content (AvgIpc) is 3.25. The van der Waals surface area contributed by atoms with Gasteiger partial charge in [-0.15, -0.1) is 0 Å².